The van der Waals surface area contributed by atoms with Gasteiger partial charge < -0.3 is 5.11 Å². The summed E-state index contributed by atoms with van der Waals surface area (Å²) in [4.78, 5) is 11.5. The molecule has 3 rings (SSSR count). The Morgan fingerprint density at radius 3 is 2.17 bits per heavy atom. The summed E-state index contributed by atoms with van der Waals surface area (Å²) in [6.07, 6.45) is 0. The van der Waals surface area contributed by atoms with Crippen LogP contribution in [0.1, 0.15) is 17.2 Å². The number of sulfonamides is 1. The molecule has 1 aliphatic heterocycles. The van der Waals surface area contributed by atoms with Gasteiger partial charge in [-0.25, -0.2) is 8.42 Å². The van der Waals surface area contributed by atoms with E-state index in [1.165, 1.54) is 12.1 Å². The van der Waals surface area contributed by atoms with Crippen molar-refractivity contribution in [1.82, 2.24) is 4.31 Å². The van der Waals surface area contributed by atoms with Gasteiger partial charge in [0.15, 0.2) is 0 Å². The molecule has 0 bridgehead atoms. The van der Waals surface area contributed by atoms with Gasteiger partial charge in [0, 0.05) is 4.47 Å². The van der Waals surface area contributed by atoms with E-state index >= 15 is 0 Å². The Labute approximate surface area is 142 Å². The van der Waals surface area contributed by atoms with Crippen molar-refractivity contribution in [3.05, 3.63) is 64.1 Å². The summed E-state index contributed by atoms with van der Waals surface area (Å²) in [5, 5.41) is 9.35. The number of carbonyl (C=O) groups is 1. The lowest BCUT2D eigenvalue weighted by molar-refractivity contribution is -0.137. The summed E-state index contributed by atoms with van der Waals surface area (Å²) in [5.74, 6) is -1.14. The standard InChI is InChI=1S/C16H14BrNO4S/c1-10-2-8-13(9-3-10)23(21,22)18-14(15(18)16(19)20)11-4-6-12(17)7-5-11/h2-9,14-15H,1H3,(H,19,20)/t14-,15+,18?/m1/s1. The van der Waals surface area contributed by atoms with Gasteiger partial charge in [-0.2, -0.15) is 4.31 Å². The Balaban J connectivity index is 1.98. The maximum atomic E-state index is 12.7. The van der Waals surface area contributed by atoms with E-state index in [9.17, 15) is 18.3 Å². The van der Waals surface area contributed by atoms with E-state index in [0.29, 0.717) is 5.56 Å². The van der Waals surface area contributed by atoms with Crippen molar-refractivity contribution in [3.8, 4) is 0 Å². The fraction of sp³-hybridized carbons (Fsp3) is 0.188. The third-order valence-corrected chi connectivity index (χ3v) is 6.22. The fourth-order valence-electron chi connectivity index (χ4n) is 2.58. The first-order valence-corrected chi connectivity index (χ1v) is 9.14. The van der Waals surface area contributed by atoms with Gasteiger partial charge in [-0.1, -0.05) is 45.8 Å². The highest BCUT2D eigenvalue weighted by Gasteiger charge is 2.60. The summed E-state index contributed by atoms with van der Waals surface area (Å²) < 4.78 is 27.3. The van der Waals surface area contributed by atoms with E-state index in [1.54, 1.807) is 36.4 Å². The van der Waals surface area contributed by atoms with Crippen LogP contribution in [0.4, 0.5) is 0 Å². The fourth-order valence-corrected chi connectivity index (χ4v) is 4.55. The zero-order valence-electron chi connectivity index (χ0n) is 12.2. The molecule has 120 valence electrons. The number of carboxylic acids is 1. The van der Waals surface area contributed by atoms with Gasteiger partial charge in [-0.05, 0) is 36.8 Å². The van der Waals surface area contributed by atoms with Crippen LogP contribution in [0, 0.1) is 6.92 Å². The number of aryl methyl sites for hydroxylation is 1. The summed E-state index contributed by atoms with van der Waals surface area (Å²) in [6, 6.07) is 11.6. The van der Waals surface area contributed by atoms with Gasteiger partial charge in [0.1, 0.15) is 6.04 Å². The lowest BCUT2D eigenvalue weighted by atomic mass is 10.1. The number of carboxylic acid groups (broad SMARTS) is 1. The molecule has 7 heteroatoms. The average Bonchev–Trinajstić information content (AvgIpc) is 3.25. The molecule has 1 saturated heterocycles. The zero-order chi connectivity index (χ0) is 16.8. The number of hydrogen-bond donors (Lipinski definition) is 1. The Kier molecular flexibility index (Phi) is 4.03. The quantitative estimate of drug-likeness (QED) is 0.807. The molecular weight excluding hydrogens is 382 g/mol. The van der Waals surface area contributed by atoms with E-state index in [2.05, 4.69) is 15.9 Å². The van der Waals surface area contributed by atoms with Crippen LogP contribution < -0.4 is 0 Å². The summed E-state index contributed by atoms with van der Waals surface area (Å²) in [7, 11) is -3.84. The van der Waals surface area contributed by atoms with Crippen LogP contribution in [-0.2, 0) is 14.8 Å². The molecule has 1 unspecified atom stereocenters. The van der Waals surface area contributed by atoms with Crippen LogP contribution in [-0.4, -0.2) is 29.8 Å². The molecule has 2 aromatic rings. The third kappa shape index (κ3) is 2.91. The zero-order valence-corrected chi connectivity index (χ0v) is 14.6. The van der Waals surface area contributed by atoms with Crippen molar-refractivity contribution in [2.75, 3.05) is 0 Å². The van der Waals surface area contributed by atoms with Gasteiger partial charge in [-0.15, -0.1) is 0 Å². The Morgan fingerprint density at radius 2 is 1.65 bits per heavy atom. The monoisotopic (exact) mass is 395 g/mol. The maximum absolute atomic E-state index is 12.7. The van der Waals surface area contributed by atoms with Crippen LogP contribution in [0.5, 0.6) is 0 Å². The van der Waals surface area contributed by atoms with Gasteiger partial charge >= 0.3 is 5.97 Å². The summed E-state index contributed by atoms with van der Waals surface area (Å²) in [6.45, 7) is 1.86. The van der Waals surface area contributed by atoms with Crippen LogP contribution in [0.25, 0.3) is 0 Å². The van der Waals surface area contributed by atoms with E-state index < -0.39 is 28.1 Å². The normalized spacial score (nSPS) is 23.5. The van der Waals surface area contributed by atoms with Crippen LogP contribution in [0.2, 0.25) is 0 Å². The molecule has 1 fully saturated rings. The van der Waals surface area contributed by atoms with E-state index in [-0.39, 0.29) is 4.90 Å². The van der Waals surface area contributed by atoms with Crippen LogP contribution in [0.3, 0.4) is 0 Å². The molecule has 0 aliphatic carbocycles. The molecule has 23 heavy (non-hydrogen) atoms. The van der Waals surface area contributed by atoms with Crippen LogP contribution in [0.15, 0.2) is 57.9 Å². The number of rotatable bonds is 4. The molecule has 0 radical (unpaired) electrons. The Hall–Kier alpha value is -1.70. The molecular formula is C16H14BrNO4S. The molecule has 1 N–H and O–H groups in total. The lowest BCUT2D eigenvalue weighted by Gasteiger charge is -2.07. The largest absolute Gasteiger partial charge is 0.480 e. The molecule has 5 nitrogen and oxygen atoms in total. The smallest absolute Gasteiger partial charge is 0.324 e. The van der Waals surface area contributed by atoms with E-state index in [4.69, 9.17) is 0 Å². The van der Waals surface area contributed by atoms with Crippen molar-refractivity contribution in [2.24, 2.45) is 0 Å². The number of halogens is 1. The number of hydrogen-bond acceptors (Lipinski definition) is 3. The molecule has 1 aliphatic rings. The van der Waals surface area contributed by atoms with Crippen molar-refractivity contribution in [1.29, 1.82) is 0 Å². The van der Waals surface area contributed by atoms with Crippen LogP contribution >= 0.6 is 15.9 Å². The highest BCUT2D eigenvalue weighted by atomic mass is 79.9. The molecule has 0 amide bonds. The second-order valence-corrected chi connectivity index (χ2v) is 8.19. The minimum atomic E-state index is -3.84. The van der Waals surface area contributed by atoms with Gasteiger partial charge in [0.25, 0.3) is 0 Å². The van der Waals surface area contributed by atoms with Crippen molar-refractivity contribution in [3.63, 3.8) is 0 Å². The van der Waals surface area contributed by atoms with E-state index in [0.717, 1.165) is 14.3 Å². The first kappa shape index (κ1) is 16.2. The number of nitrogens with zero attached hydrogens (tertiary/aromatic N) is 1. The summed E-state index contributed by atoms with van der Waals surface area (Å²) in [5.41, 5.74) is 1.60. The predicted molar refractivity (Wildman–Crippen MR) is 88.5 cm³/mol. The van der Waals surface area contributed by atoms with Gasteiger partial charge in [0.05, 0.1) is 10.9 Å². The topological polar surface area (TPSA) is 74.5 Å². The molecule has 2 aromatic carbocycles. The van der Waals surface area contributed by atoms with E-state index in [1.807, 2.05) is 6.92 Å². The predicted octanol–water partition coefficient (Wildman–Crippen LogP) is 2.96. The molecule has 0 saturated carbocycles. The van der Waals surface area contributed by atoms with Gasteiger partial charge in [-0.3, -0.25) is 4.79 Å². The lowest BCUT2D eigenvalue weighted by Crippen LogP contribution is -2.19. The minimum absolute atomic E-state index is 0.106. The molecule has 1 heterocycles. The van der Waals surface area contributed by atoms with Gasteiger partial charge in [0.2, 0.25) is 10.0 Å². The molecule has 0 aromatic heterocycles. The maximum Gasteiger partial charge on any atom is 0.324 e. The number of benzene rings is 2. The Morgan fingerprint density at radius 1 is 1.09 bits per heavy atom. The third-order valence-electron chi connectivity index (χ3n) is 3.82. The average molecular weight is 396 g/mol. The molecule has 3 atom stereocenters. The van der Waals surface area contributed by atoms with Crippen molar-refractivity contribution in [2.45, 2.75) is 23.9 Å². The highest BCUT2D eigenvalue weighted by molar-refractivity contribution is 9.10. The SMILES string of the molecule is Cc1ccc(S(=O)(=O)N2[C@H](C(=O)O)[C@H]2c2ccc(Br)cc2)cc1. The first-order chi connectivity index (χ1) is 10.8. The van der Waals surface area contributed by atoms with Crippen molar-refractivity contribution >= 4 is 31.9 Å². The molecule has 0 spiro atoms. The highest BCUT2D eigenvalue weighted by Crippen LogP contribution is 2.47. The first-order valence-electron chi connectivity index (χ1n) is 6.91. The minimum Gasteiger partial charge on any atom is -0.480 e. The second kappa shape index (κ2) is 5.74. The van der Waals surface area contributed by atoms with Crippen molar-refractivity contribution < 1.29 is 18.3 Å². The second-order valence-electron chi connectivity index (χ2n) is 5.43. The summed E-state index contributed by atoms with van der Waals surface area (Å²) >= 11 is 3.31. The number of aliphatic carboxylic acids is 1. The Bertz CT molecular complexity index is 847.